The first-order valence-corrected chi connectivity index (χ1v) is 51.2. The molecular weight excluding hydrogens is 1930 g/mol. The van der Waals surface area contributed by atoms with Crippen molar-refractivity contribution in [1.82, 2.24) is 74.3 Å². The molecule has 3 unspecified atom stereocenters. The van der Waals surface area contributed by atoms with Crippen LogP contribution in [0.4, 0.5) is 22.0 Å². The molecule has 9 aliphatic rings. The lowest BCUT2D eigenvalue weighted by Crippen LogP contribution is -2.47. The van der Waals surface area contributed by atoms with Crippen LogP contribution in [0.25, 0.3) is 55.2 Å². The normalized spacial score (nSPS) is 28.4. The van der Waals surface area contributed by atoms with Gasteiger partial charge in [-0.2, -0.15) is 0 Å². The number of aromatic nitrogens is 10. The van der Waals surface area contributed by atoms with Gasteiger partial charge in [-0.1, -0.05) is 58.0 Å². The summed E-state index contributed by atoms with van der Waals surface area (Å²) in [6.07, 6.45) is 29.9. The van der Waals surface area contributed by atoms with Crippen LogP contribution >= 0.6 is 58.0 Å². The summed E-state index contributed by atoms with van der Waals surface area (Å²) in [4.78, 5) is 86.5. The van der Waals surface area contributed by atoms with E-state index in [1.54, 1.807) is 128 Å². The van der Waals surface area contributed by atoms with Crippen molar-refractivity contribution in [2.45, 2.75) is 291 Å². The van der Waals surface area contributed by atoms with E-state index < -0.39 is 50.7 Å². The smallest absolute Gasteiger partial charge is 0.253 e. The fourth-order valence-electron chi connectivity index (χ4n) is 20.2. The molecule has 9 N–H and O–H groups in total. The van der Waals surface area contributed by atoms with Gasteiger partial charge in [0, 0.05) is 153 Å². The molecule has 5 saturated carbocycles. The molecule has 4 saturated heterocycles. The number of carbonyl (C=O) groups excluding carboxylic acids is 5. The monoisotopic (exact) mass is 2060 g/mol. The maximum absolute atomic E-state index is 14.0. The van der Waals surface area contributed by atoms with Crippen molar-refractivity contribution >= 4 is 143 Å². The number of hydrogen-bond acceptors (Lipinski definition) is 19. The highest BCUT2D eigenvalue weighted by atomic mass is 35.5. The second-order valence-electron chi connectivity index (χ2n) is 41.7. The Hall–Kier alpha value is -8.46. The maximum Gasteiger partial charge on any atom is 0.253 e. The fourth-order valence-corrected chi connectivity index (χ4v) is 21.4. The van der Waals surface area contributed by atoms with Gasteiger partial charge in [0.1, 0.15) is 56.6 Å². The number of amides is 5. The molecule has 0 spiro atoms. The van der Waals surface area contributed by atoms with Gasteiger partial charge in [0.2, 0.25) is 0 Å². The van der Waals surface area contributed by atoms with Crippen LogP contribution in [-0.4, -0.2) is 247 Å². The quantitative estimate of drug-likeness (QED) is 0.0227. The molecule has 29 nitrogen and oxygen atoms in total. The summed E-state index contributed by atoms with van der Waals surface area (Å²) in [7, 11) is 1.60. The number of carbonyl (C=O) groups is 5. The molecule has 0 aromatic carbocycles. The highest BCUT2D eigenvalue weighted by molar-refractivity contribution is 6.39. The van der Waals surface area contributed by atoms with Gasteiger partial charge in [-0.15, -0.1) is 0 Å². The highest BCUT2D eigenvalue weighted by Gasteiger charge is 2.45. The summed E-state index contributed by atoms with van der Waals surface area (Å²) in [5.74, 6) is -0.350. The van der Waals surface area contributed by atoms with Crippen LogP contribution in [0, 0.1) is 17.8 Å². The standard InChI is InChI=1S/2C21H27ClFN3O3.C21H27ClFN3O2.C20H25ClFN3O3.C19H25ClFN3O3/c1-20(23)4-6-21(28,7-5-20)13-25-19(27)15-11-26(10-14-3-9-29-12-14)18-17(15)16(22)2-8-24-18;1-20(23)5-7-21(28,8-6-20)13-25-19(27)15-12-26(11-14-3-2-10-29-14)18-17(15)16(22)4-9-24-18;1-21(23)7-4-14(5-8-21)11-25-20(27)16-13-26(12-15-3-2-10-28-15)19-18(16)17(22)6-9-24-19;1-19(22)3-5-20(27,6-4-19)12-24-18(26)14-9-25(8-13-10-28-11-13)17-16(14)15(21)2-7-23-17;1-18(21)4-6-19(26,7-5-18)12-23-17(25)13-11-24(9-10-27-2)16-15(13)14(20)3-8-22-16/h2,8,11,14,28H,3-7,9-10,12-13H2,1H3,(H,25,27);4,9,12,14,28H,2-3,5-8,10-11,13H2,1H3,(H,25,27);6,9,13-15H,2-5,7-8,10-12H2,1H3,(H,25,27);2,7,9,13,27H,3-6,8,10-12H2,1H3,(H,24,26);3,8,11,26H,4-7,9-10,12H2,1-2H3,(H,23,25). The first-order valence-electron chi connectivity index (χ1n) is 49.3. The van der Waals surface area contributed by atoms with Gasteiger partial charge in [-0.05, 0) is 231 Å². The van der Waals surface area contributed by atoms with Crippen molar-refractivity contribution in [2.24, 2.45) is 17.8 Å². The fraction of sp³-hybridized carbons (Fsp3) is 0.608. The first-order chi connectivity index (χ1) is 67.0. The molecule has 9 fully saturated rings. The first kappa shape index (κ1) is 107. The predicted molar refractivity (Wildman–Crippen MR) is 532 cm³/mol. The van der Waals surface area contributed by atoms with E-state index in [9.17, 15) is 66.4 Å². The van der Waals surface area contributed by atoms with Gasteiger partial charge in [0.05, 0.1) is 154 Å². The molecular formula is C102H131Cl5F5N15O14. The molecule has 19 rings (SSSR count). The van der Waals surface area contributed by atoms with Gasteiger partial charge in [0.15, 0.2) is 0 Å². The zero-order chi connectivity index (χ0) is 101. The number of halogens is 10. The van der Waals surface area contributed by atoms with Crippen molar-refractivity contribution in [1.29, 1.82) is 0 Å². The number of pyridine rings is 5. The van der Waals surface area contributed by atoms with Gasteiger partial charge in [0.25, 0.3) is 29.5 Å². The van der Waals surface area contributed by atoms with Crippen LogP contribution < -0.4 is 26.6 Å². The van der Waals surface area contributed by atoms with Gasteiger partial charge < -0.3 is 93.5 Å². The Labute approximate surface area is 841 Å². The van der Waals surface area contributed by atoms with Crippen molar-refractivity contribution in [3.63, 3.8) is 0 Å². The number of nitrogens with one attached hydrogen (secondary N) is 5. The third-order valence-electron chi connectivity index (χ3n) is 29.7. The van der Waals surface area contributed by atoms with Gasteiger partial charge in [-0.3, -0.25) is 24.0 Å². The van der Waals surface area contributed by atoms with Crippen LogP contribution in [0.15, 0.2) is 92.3 Å². The summed E-state index contributed by atoms with van der Waals surface area (Å²) >= 11 is 31.9. The van der Waals surface area contributed by atoms with E-state index >= 15 is 0 Å². The van der Waals surface area contributed by atoms with E-state index in [2.05, 4.69) is 51.5 Å². The molecule has 4 aliphatic heterocycles. The zero-order valence-corrected chi connectivity index (χ0v) is 84.6. The molecule has 39 heteroatoms. The molecule has 768 valence electrons. The molecule has 5 amide bonds. The van der Waals surface area contributed by atoms with Crippen LogP contribution in [0.3, 0.4) is 0 Å². The summed E-state index contributed by atoms with van der Waals surface area (Å²) in [5, 5.41) is 62.5. The van der Waals surface area contributed by atoms with Crippen LogP contribution in [0.5, 0.6) is 0 Å². The minimum Gasteiger partial charge on any atom is -0.388 e. The lowest BCUT2D eigenvalue weighted by Gasteiger charge is -2.37. The van der Waals surface area contributed by atoms with Crippen molar-refractivity contribution in [3.8, 4) is 0 Å². The molecule has 0 radical (unpaired) electrons. The van der Waals surface area contributed by atoms with Gasteiger partial charge >= 0.3 is 0 Å². The van der Waals surface area contributed by atoms with E-state index in [-0.39, 0.29) is 119 Å². The van der Waals surface area contributed by atoms with E-state index in [0.29, 0.717) is 256 Å². The Morgan fingerprint density at radius 1 is 0.362 bits per heavy atom. The zero-order valence-electron chi connectivity index (χ0n) is 80.9. The Bertz CT molecular complexity index is 5890. The number of alkyl halides is 5. The van der Waals surface area contributed by atoms with E-state index in [1.807, 2.05) is 29.0 Å². The molecule has 10 aromatic rings. The van der Waals surface area contributed by atoms with Crippen LogP contribution in [-0.2, 0) is 56.4 Å². The molecule has 14 heterocycles. The van der Waals surface area contributed by atoms with E-state index in [1.165, 1.54) is 0 Å². The Balaban J connectivity index is 0.000000133. The third-order valence-corrected chi connectivity index (χ3v) is 31.3. The number of rotatable bonds is 26. The number of fused-ring (bicyclic) bond motifs is 5. The van der Waals surface area contributed by atoms with Crippen molar-refractivity contribution in [3.05, 3.63) is 145 Å². The van der Waals surface area contributed by atoms with E-state index in [4.69, 9.17) is 81.7 Å². The maximum atomic E-state index is 14.0. The topological polar surface area (TPSA) is 362 Å². The summed E-state index contributed by atoms with van der Waals surface area (Å²) in [6.45, 7) is 16.8. The second-order valence-corrected chi connectivity index (χ2v) is 43.8. The summed E-state index contributed by atoms with van der Waals surface area (Å²) in [5.41, 5.74) is -4.85. The molecule has 141 heavy (non-hydrogen) atoms. The van der Waals surface area contributed by atoms with Crippen molar-refractivity contribution in [2.75, 3.05) is 86.1 Å². The number of nitrogens with zero attached hydrogens (tertiary/aromatic N) is 10. The average Bonchev–Trinajstić information content (AvgIpc) is 1.63. The van der Waals surface area contributed by atoms with Crippen LogP contribution in [0.1, 0.15) is 247 Å². The summed E-state index contributed by atoms with van der Waals surface area (Å²) in [6, 6.07) is 8.33. The summed E-state index contributed by atoms with van der Waals surface area (Å²) < 4.78 is 107. The molecule has 10 aromatic heterocycles. The molecule has 5 aliphatic carbocycles. The number of aliphatic hydroxyl groups is 4. The number of hydrogen-bond donors (Lipinski definition) is 9. The number of methoxy groups -OCH3 is 1. The van der Waals surface area contributed by atoms with Crippen molar-refractivity contribution < 1.29 is 90.0 Å². The third kappa shape index (κ3) is 27.1. The highest BCUT2D eigenvalue weighted by Crippen LogP contribution is 2.44. The second kappa shape index (κ2) is 45.3. The molecule has 3 atom stereocenters. The Morgan fingerprint density at radius 3 is 0.915 bits per heavy atom. The minimum absolute atomic E-state index is 0.0739. The number of ether oxygens (including phenoxy) is 5. The minimum atomic E-state index is -1.25. The van der Waals surface area contributed by atoms with Crippen LogP contribution in [0.2, 0.25) is 25.1 Å². The largest absolute Gasteiger partial charge is 0.388 e. The lowest BCUT2D eigenvalue weighted by molar-refractivity contribution is -0.0389. The van der Waals surface area contributed by atoms with E-state index in [0.717, 1.165) is 64.8 Å². The Kier molecular flexibility index (Phi) is 34.3. The average molecular weight is 2060 g/mol. The SMILES string of the molecule is CC1(F)CCC(CNC(=O)c2cn(CC3CCCO3)c3nccc(Cl)c23)CC1.CC1(F)CCC(O)(CNC(=O)c2cn(CC3CCCO3)c3nccc(Cl)c23)CC1.CC1(F)CCC(O)(CNC(=O)c2cn(CC3CCOC3)c3nccc(Cl)c23)CC1.CC1(F)CCC(O)(CNC(=O)c2cn(CC3COC3)c3nccc(Cl)c23)CC1.COCCn1cc(C(=O)NCC2(O)CCC(C)(F)CC2)c2c(Cl)ccnc21. The predicted octanol–water partition coefficient (Wildman–Crippen LogP) is 17.8. The molecule has 0 bridgehead atoms. The lowest BCUT2D eigenvalue weighted by atomic mass is 9.78. The Morgan fingerprint density at radius 2 is 0.638 bits per heavy atom. The van der Waals surface area contributed by atoms with Gasteiger partial charge in [-0.25, -0.2) is 46.9 Å².